The molecule has 1 radical (unpaired) electrons. The summed E-state index contributed by atoms with van der Waals surface area (Å²) in [5.74, 6) is -0.913. The van der Waals surface area contributed by atoms with Crippen LogP contribution in [0, 0.1) is 13.0 Å². The van der Waals surface area contributed by atoms with E-state index in [1.54, 1.807) is 0 Å². The molecule has 0 aliphatic heterocycles. The van der Waals surface area contributed by atoms with E-state index < -0.39 is 17.5 Å². The highest BCUT2D eigenvalue weighted by Gasteiger charge is 2.48. The second-order valence-corrected chi connectivity index (χ2v) is 4.60. The Kier molecular flexibility index (Phi) is 4.97. The van der Waals surface area contributed by atoms with Gasteiger partial charge in [-0.15, -0.1) is 0 Å². The van der Waals surface area contributed by atoms with Crippen molar-refractivity contribution in [3.05, 3.63) is 7.11 Å². The fourth-order valence-electron chi connectivity index (χ4n) is 2.74. The molecule has 0 spiro atoms. The SMILES string of the molecule is [CH2]OC(=O)C(CC)(OC(C)=O)C1CCCCC1. The molecule has 1 saturated carbocycles. The lowest BCUT2D eigenvalue weighted by Crippen LogP contribution is -2.50. The Morgan fingerprint density at radius 1 is 1.29 bits per heavy atom. The largest absolute Gasteiger partial charge is 0.459 e. The van der Waals surface area contributed by atoms with E-state index in [1.165, 1.54) is 13.3 Å². The lowest BCUT2D eigenvalue weighted by molar-refractivity contribution is -0.187. The van der Waals surface area contributed by atoms with Gasteiger partial charge in [-0.1, -0.05) is 26.2 Å². The average molecular weight is 241 g/mol. The van der Waals surface area contributed by atoms with Gasteiger partial charge in [0, 0.05) is 12.8 Å². The highest BCUT2D eigenvalue weighted by molar-refractivity contribution is 5.83. The van der Waals surface area contributed by atoms with Crippen LogP contribution >= 0.6 is 0 Å². The van der Waals surface area contributed by atoms with Crippen LogP contribution in [0.4, 0.5) is 0 Å². The Bertz CT molecular complexity index is 281. The van der Waals surface area contributed by atoms with E-state index in [-0.39, 0.29) is 5.92 Å². The van der Waals surface area contributed by atoms with Crippen LogP contribution in [0.1, 0.15) is 52.4 Å². The first-order valence-electron chi connectivity index (χ1n) is 6.23. The number of hydrogen-bond donors (Lipinski definition) is 0. The first-order valence-corrected chi connectivity index (χ1v) is 6.23. The third-order valence-electron chi connectivity index (χ3n) is 3.59. The van der Waals surface area contributed by atoms with Gasteiger partial charge >= 0.3 is 11.9 Å². The molecule has 0 aromatic heterocycles. The second kappa shape index (κ2) is 6.03. The van der Waals surface area contributed by atoms with Crippen molar-refractivity contribution in [2.75, 3.05) is 0 Å². The topological polar surface area (TPSA) is 52.6 Å². The molecule has 0 bridgehead atoms. The summed E-state index contributed by atoms with van der Waals surface area (Å²) in [6.45, 7) is 3.16. The Morgan fingerprint density at radius 2 is 1.88 bits per heavy atom. The lowest BCUT2D eigenvalue weighted by atomic mass is 9.75. The van der Waals surface area contributed by atoms with Gasteiger partial charge in [0.2, 0.25) is 5.60 Å². The summed E-state index contributed by atoms with van der Waals surface area (Å²) in [7, 11) is 3.16. The van der Waals surface area contributed by atoms with Gasteiger partial charge in [-0.3, -0.25) is 4.79 Å². The maximum Gasteiger partial charge on any atom is 0.351 e. The van der Waals surface area contributed by atoms with Crippen molar-refractivity contribution in [3.8, 4) is 0 Å². The molecule has 1 aliphatic carbocycles. The predicted octanol–water partition coefficient (Wildman–Crippen LogP) is 2.61. The predicted molar refractivity (Wildman–Crippen MR) is 62.8 cm³/mol. The molecule has 0 heterocycles. The quantitative estimate of drug-likeness (QED) is 0.710. The fourth-order valence-corrected chi connectivity index (χ4v) is 2.74. The first-order chi connectivity index (χ1) is 8.06. The van der Waals surface area contributed by atoms with Gasteiger partial charge in [-0.2, -0.15) is 0 Å². The molecular formula is C13H21O4. The van der Waals surface area contributed by atoms with E-state index in [0.717, 1.165) is 25.7 Å². The second-order valence-electron chi connectivity index (χ2n) is 4.60. The van der Waals surface area contributed by atoms with Crippen molar-refractivity contribution in [1.29, 1.82) is 0 Å². The van der Waals surface area contributed by atoms with E-state index in [4.69, 9.17) is 4.74 Å². The summed E-state index contributed by atoms with van der Waals surface area (Å²) in [6.07, 6.45) is 5.55. The third-order valence-corrected chi connectivity index (χ3v) is 3.59. The van der Waals surface area contributed by atoms with Crippen molar-refractivity contribution in [2.24, 2.45) is 5.92 Å². The molecule has 0 saturated heterocycles. The Hall–Kier alpha value is -1.06. The highest BCUT2D eigenvalue weighted by atomic mass is 16.6. The van der Waals surface area contributed by atoms with E-state index in [9.17, 15) is 9.59 Å². The molecule has 4 nitrogen and oxygen atoms in total. The van der Waals surface area contributed by atoms with E-state index in [2.05, 4.69) is 11.8 Å². The average Bonchev–Trinajstić information content (AvgIpc) is 2.35. The van der Waals surface area contributed by atoms with Gasteiger partial charge in [0.15, 0.2) is 0 Å². The van der Waals surface area contributed by atoms with Crippen LogP contribution in [0.15, 0.2) is 0 Å². The minimum absolute atomic E-state index is 0.0550. The molecule has 0 aromatic rings. The normalized spacial score (nSPS) is 20.4. The Labute approximate surface area is 103 Å². The summed E-state index contributed by atoms with van der Waals surface area (Å²) in [4.78, 5) is 23.2. The van der Waals surface area contributed by atoms with Crippen LogP contribution < -0.4 is 0 Å². The van der Waals surface area contributed by atoms with Gasteiger partial charge < -0.3 is 9.47 Å². The monoisotopic (exact) mass is 241 g/mol. The molecule has 17 heavy (non-hydrogen) atoms. The zero-order chi connectivity index (χ0) is 12.9. The molecule has 1 unspecified atom stereocenters. The van der Waals surface area contributed by atoms with Crippen LogP contribution in [0.5, 0.6) is 0 Å². The third kappa shape index (κ3) is 2.99. The van der Waals surface area contributed by atoms with Crippen molar-refractivity contribution in [1.82, 2.24) is 0 Å². The number of esters is 2. The minimum Gasteiger partial charge on any atom is -0.459 e. The minimum atomic E-state index is -1.13. The van der Waals surface area contributed by atoms with Gasteiger partial charge in [-0.05, 0) is 19.3 Å². The number of hydrogen-bond acceptors (Lipinski definition) is 4. The van der Waals surface area contributed by atoms with Crippen molar-refractivity contribution in [3.63, 3.8) is 0 Å². The van der Waals surface area contributed by atoms with Gasteiger partial charge in [0.1, 0.15) is 7.11 Å². The summed E-state index contributed by atoms with van der Waals surface area (Å²) >= 11 is 0. The van der Waals surface area contributed by atoms with Gasteiger partial charge in [0.25, 0.3) is 0 Å². The number of carbonyl (C=O) groups excluding carboxylic acids is 2. The summed E-state index contributed by atoms with van der Waals surface area (Å²) < 4.78 is 9.92. The van der Waals surface area contributed by atoms with E-state index in [1.807, 2.05) is 6.92 Å². The molecule has 1 rings (SSSR count). The van der Waals surface area contributed by atoms with E-state index >= 15 is 0 Å². The standard InChI is InChI=1S/C13H21O4/c1-4-13(12(15)16-3,17-10(2)14)11-8-6-5-7-9-11/h11H,3-9H2,1-2H3. The lowest BCUT2D eigenvalue weighted by Gasteiger charge is -2.38. The molecule has 1 atom stereocenters. The number of carbonyl (C=O) groups is 2. The zero-order valence-corrected chi connectivity index (χ0v) is 10.7. The maximum absolute atomic E-state index is 11.9. The highest BCUT2D eigenvalue weighted by Crippen LogP contribution is 2.38. The van der Waals surface area contributed by atoms with Gasteiger partial charge in [0.05, 0.1) is 0 Å². The summed E-state index contributed by atoms with van der Waals surface area (Å²) in [5, 5.41) is 0. The summed E-state index contributed by atoms with van der Waals surface area (Å²) in [6, 6.07) is 0. The Balaban J connectivity index is 2.95. The molecule has 1 fully saturated rings. The molecule has 1 aliphatic rings. The summed E-state index contributed by atoms with van der Waals surface area (Å²) in [5.41, 5.74) is -1.13. The molecule has 4 heteroatoms. The van der Waals surface area contributed by atoms with Crippen LogP contribution in [0.25, 0.3) is 0 Å². The van der Waals surface area contributed by atoms with Crippen LogP contribution in [-0.4, -0.2) is 17.5 Å². The molecule has 0 amide bonds. The number of ether oxygens (including phenoxy) is 2. The van der Waals surface area contributed by atoms with E-state index in [0.29, 0.717) is 6.42 Å². The van der Waals surface area contributed by atoms with Crippen LogP contribution in [-0.2, 0) is 19.1 Å². The fraction of sp³-hybridized carbons (Fsp3) is 0.769. The number of rotatable bonds is 4. The molecule has 0 N–H and O–H groups in total. The maximum atomic E-state index is 11.9. The Morgan fingerprint density at radius 3 is 2.29 bits per heavy atom. The van der Waals surface area contributed by atoms with Crippen molar-refractivity contribution < 1.29 is 19.1 Å². The van der Waals surface area contributed by atoms with Gasteiger partial charge in [-0.25, -0.2) is 4.79 Å². The van der Waals surface area contributed by atoms with Crippen molar-refractivity contribution in [2.45, 2.75) is 58.0 Å². The van der Waals surface area contributed by atoms with Crippen LogP contribution in [0.2, 0.25) is 0 Å². The molecular weight excluding hydrogens is 220 g/mol. The van der Waals surface area contributed by atoms with Crippen molar-refractivity contribution >= 4 is 11.9 Å². The smallest absolute Gasteiger partial charge is 0.351 e. The first kappa shape index (κ1) is 14.0. The zero-order valence-electron chi connectivity index (χ0n) is 10.7. The molecule has 97 valence electrons. The van der Waals surface area contributed by atoms with Crippen LogP contribution in [0.3, 0.4) is 0 Å². The molecule has 0 aromatic carbocycles.